The molecule has 0 aromatic heterocycles. The van der Waals surface area contributed by atoms with E-state index in [4.69, 9.17) is 0 Å². The van der Waals surface area contributed by atoms with E-state index in [1.54, 1.807) is 12.1 Å². The maximum Gasteiger partial charge on any atom is 0.344 e. The largest absolute Gasteiger partial charge is 0.349 e. The molecule has 2 heterocycles. The maximum atomic E-state index is 12.9. The van der Waals surface area contributed by atoms with Gasteiger partial charge < -0.3 is 10.6 Å². The smallest absolute Gasteiger partial charge is 0.344 e. The lowest BCUT2D eigenvalue weighted by Gasteiger charge is -2.33. The second kappa shape index (κ2) is 9.28. The van der Waals surface area contributed by atoms with Crippen molar-refractivity contribution in [2.75, 3.05) is 19.6 Å². The van der Waals surface area contributed by atoms with E-state index in [9.17, 15) is 19.2 Å². The summed E-state index contributed by atoms with van der Waals surface area (Å²) in [5.74, 6) is -0.299. The summed E-state index contributed by atoms with van der Waals surface area (Å²) in [7, 11) is 0. The SMILES string of the molecule is CC1CCC2(CC1)NC(=O)N(NC(=O)CN1CCC(NC(=O)c3ccccc3)CC1)C2=O. The van der Waals surface area contributed by atoms with Crippen LogP contribution in [0, 0.1) is 5.92 Å². The topological polar surface area (TPSA) is 111 Å². The molecule has 9 nitrogen and oxygen atoms in total. The minimum Gasteiger partial charge on any atom is -0.349 e. The highest BCUT2D eigenvalue weighted by Crippen LogP contribution is 2.35. The zero-order chi connectivity index (χ0) is 22.7. The number of carbonyl (C=O) groups excluding carboxylic acids is 4. The quantitative estimate of drug-likeness (QED) is 0.599. The Kier molecular flexibility index (Phi) is 6.45. The third-order valence-electron chi connectivity index (χ3n) is 6.85. The average molecular weight is 442 g/mol. The van der Waals surface area contributed by atoms with E-state index >= 15 is 0 Å². The highest BCUT2D eigenvalue weighted by molar-refractivity contribution is 6.08. The first-order chi connectivity index (χ1) is 15.4. The van der Waals surface area contributed by atoms with Crippen LogP contribution < -0.4 is 16.1 Å². The van der Waals surface area contributed by atoms with Crippen LogP contribution in [0.5, 0.6) is 0 Å². The Labute approximate surface area is 187 Å². The molecule has 1 aliphatic carbocycles. The van der Waals surface area contributed by atoms with Gasteiger partial charge >= 0.3 is 6.03 Å². The third-order valence-corrected chi connectivity index (χ3v) is 6.85. The van der Waals surface area contributed by atoms with Gasteiger partial charge in [0.15, 0.2) is 0 Å². The number of piperidine rings is 1. The van der Waals surface area contributed by atoms with Gasteiger partial charge in [-0.25, -0.2) is 4.79 Å². The Hall–Kier alpha value is -2.94. The first-order valence-electron chi connectivity index (χ1n) is 11.4. The molecule has 2 aliphatic heterocycles. The van der Waals surface area contributed by atoms with Gasteiger partial charge in [0, 0.05) is 24.7 Å². The summed E-state index contributed by atoms with van der Waals surface area (Å²) in [5, 5.41) is 6.70. The predicted octanol–water partition coefficient (Wildman–Crippen LogP) is 1.41. The number of carbonyl (C=O) groups is 4. The number of imide groups is 1. The van der Waals surface area contributed by atoms with Crippen molar-refractivity contribution in [2.24, 2.45) is 5.92 Å². The van der Waals surface area contributed by atoms with Crippen molar-refractivity contribution in [3.8, 4) is 0 Å². The van der Waals surface area contributed by atoms with E-state index < -0.39 is 11.6 Å². The second-order valence-corrected chi connectivity index (χ2v) is 9.26. The lowest BCUT2D eigenvalue weighted by Crippen LogP contribution is -2.53. The number of amides is 5. The van der Waals surface area contributed by atoms with E-state index in [0.29, 0.717) is 37.4 Å². The number of nitrogens with one attached hydrogen (secondary N) is 3. The van der Waals surface area contributed by atoms with Gasteiger partial charge in [0.25, 0.3) is 17.7 Å². The number of likely N-dealkylation sites (tertiary alicyclic amines) is 1. The average Bonchev–Trinajstić information content (AvgIpc) is 3.02. The lowest BCUT2D eigenvalue weighted by atomic mass is 9.77. The highest BCUT2D eigenvalue weighted by Gasteiger charge is 2.52. The van der Waals surface area contributed by atoms with Crippen molar-refractivity contribution in [2.45, 2.75) is 57.0 Å². The van der Waals surface area contributed by atoms with E-state index in [-0.39, 0.29) is 30.3 Å². The van der Waals surface area contributed by atoms with Crippen LogP contribution in [0.4, 0.5) is 4.79 Å². The van der Waals surface area contributed by atoms with Gasteiger partial charge in [-0.15, -0.1) is 0 Å². The first kappa shape index (κ1) is 22.3. The molecule has 1 aromatic carbocycles. The molecule has 0 unspecified atom stereocenters. The molecule has 0 bridgehead atoms. The summed E-state index contributed by atoms with van der Waals surface area (Å²) in [6.45, 7) is 3.54. The van der Waals surface area contributed by atoms with Gasteiger partial charge in [0.2, 0.25) is 0 Å². The van der Waals surface area contributed by atoms with Crippen molar-refractivity contribution < 1.29 is 19.2 Å². The van der Waals surface area contributed by atoms with Crippen LogP contribution in [0.2, 0.25) is 0 Å². The van der Waals surface area contributed by atoms with E-state index in [0.717, 1.165) is 30.7 Å². The Balaban J connectivity index is 1.23. The minimum absolute atomic E-state index is 0.0570. The molecule has 9 heteroatoms. The molecule has 4 rings (SSSR count). The number of benzene rings is 1. The molecule has 0 radical (unpaired) electrons. The Bertz CT molecular complexity index is 874. The molecule has 3 fully saturated rings. The van der Waals surface area contributed by atoms with Gasteiger partial charge in [-0.05, 0) is 56.6 Å². The molecule has 32 heavy (non-hydrogen) atoms. The van der Waals surface area contributed by atoms with Gasteiger partial charge in [-0.1, -0.05) is 25.1 Å². The summed E-state index contributed by atoms with van der Waals surface area (Å²) >= 11 is 0. The molecule has 0 atom stereocenters. The fourth-order valence-corrected chi connectivity index (χ4v) is 4.77. The summed E-state index contributed by atoms with van der Waals surface area (Å²) < 4.78 is 0. The summed E-state index contributed by atoms with van der Waals surface area (Å²) in [5.41, 5.74) is 2.26. The molecule has 172 valence electrons. The number of hydrazine groups is 1. The Morgan fingerprint density at radius 3 is 2.38 bits per heavy atom. The van der Waals surface area contributed by atoms with Crippen LogP contribution in [0.1, 0.15) is 55.8 Å². The van der Waals surface area contributed by atoms with Crippen LogP contribution >= 0.6 is 0 Å². The number of rotatable bonds is 5. The summed E-state index contributed by atoms with van der Waals surface area (Å²) in [6.07, 6.45) is 4.43. The fraction of sp³-hybridized carbons (Fsp3) is 0.565. The van der Waals surface area contributed by atoms with Crippen molar-refractivity contribution in [1.29, 1.82) is 0 Å². The monoisotopic (exact) mass is 441 g/mol. The van der Waals surface area contributed by atoms with Gasteiger partial charge in [0.05, 0.1) is 6.54 Å². The summed E-state index contributed by atoms with van der Waals surface area (Å²) in [6, 6.07) is 8.60. The standard InChI is InChI=1S/C23H31N5O4/c1-16-7-11-23(12-8-16)21(31)28(22(32)25-23)26-19(29)15-27-13-9-18(10-14-27)24-20(30)17-5-3-2-4-6-17/h2-6,16,18H,7-15H2,1H3,(H,24,30)(H,25,32)(H,26,29). The first-order valence-corrected chi connectivity index (χ1v) is 11.4. The van der Waals surface area contributed by atoms with E-state index in [2.05, 4.69) is 23.0 Å². The van der Waals surface area contributed by atoms with Gasteiger partial charge in [-0.3, -0.25) is 24.7 Å². The van der Waals surface area contributed by atoms with Crippen LogP contribution in [0.15, 0.2) is 30.3 Å². The molecular formula is C23H31N5O4. The summed E-state index contributed by atoms with van der Waals surface area (Å²) in [4.78, 5) is 52.0. The molecular weight excluding hydrogens is 410 g/mol. The molecule has 1 spiro atoms. The lowest BCUT2D eigenvalue weighted by molar-refractivity contribution is -0.140. The number of urea groups is 1. The van der Waals surface area contributed by atoms with Crippen molar-refractivity contribution in [3.63, 3.8) is 0 Å². The Morgan fingerprint density at radius 1 is 1.06 bits per heavy atom. The molecule has 3 aliphatic rings. The maximum absolute atomic E-state index is 12.9. The van der Waals surface area contributed by atoms with Crippen LogP contribution in [-0.2, 0) is 9.59 Å². The van der Waals surface area contributed by atoms with Crippen LogP contribution in [0.25, 0.3) is 0 Å². The van der Waals surface area contributed by atoms with Crippen molar-refractivity contribution in [1.82, 2.24) is 26.0 Å². The predicted molar refractivity (Wildman–Crippen MR) is 117 cm³/mol. The molecule has 2 saturated heterocycles. The molecule has 1 saturated carbocycles. The van der Waals surface area contributed by atoms with Crippen molar-refractivity contribution >= 4 is 23.8 Å². The van der Waals surface area contributed by atoms with E-state index in [1.807, 2.05) is 23.1 Å². The zero-order valence-corrected chi connectivity index (χ0v) is 18.4. The number of hydrogen-bond acceptors (Lipinski definition) is 5. The van der Waals surface area contributed by atoms with Crippen molar-refractivity contribution in [3.05, 3.63) is 35.9 Å². The second-order valence-electron chi connectivity index (χ2n) is 9.26. The van der Waals surface area contributed by atoms with E-state index in [1.165, 1.54) is 0 Å². The normalized spacial score (nSPS) is 26.8. The van der Waals surface area contributed by atoms with Crippen LogP contribution in [-0.4, -0.2) is 64.9 Å². The molecule has 1 aromatic rings. The van der Waals surface area contributed by atoms with Gasteiger partial charge in [0.1, 0.15) is 5.54 Å². The van der Waals surface area contributed by atoms with Gasteiger partial charge in [-0.2, -0.15) is 5.01 Å². The highest BCUT2D eigenvalue weighted by atomic mass is 16.2. The minimum atomic E-state index is -0.869. The number of nitrogens with zero attached hydrogens (tertiary/aromatic N) is 2. The fourth-order valence-electron chi connectivity index (χ4n) is 4.77. The zero-order valence-electron chi connectivity index (χ0n) is 18.4. The third kappa shape index (κ3) is 4.77. The number of hydrogen-bond donors (Lipinski definition) is 3. The molecule has 5 amide bonds. The van der Waals surface area contributed by atoms with Crippen LogP contribution in [0.3, 0.4) is 0 Å². The molecule has 3 N–H and O–H groups in total. The Morgan fingerprint density at radius 2 is 1.72 bits per heavy atom.